The molecule has 0 fully saturated rings. The van der Waals surface area contributed by atoms with Gasteiger partial charge in [-0.15, -0.1) is 0 Å². The molecule has 0 radical (unpaired) electrons. The highest BCUT2D eigenvalue weighted by molar-refractivity contribution is 6.36. The third-order valence-corrected chi connectivity index (χ3v) is 4.41. The summed E-state index contributed by atoms with van der Waals surface area (Å²) >= 11 is 12.4. The van der Waals surface area contributed by atoms with Crippen LogP contribution in [0.3, 0.4) is 0 Å². The number of methoxy groups -OCH3 is 1. The molecule has 0 aliphatic carbocycles. The van der Waals surface area contributed by atoms with Gasteiger partial charge in [0.15, 0.2) is 0 Å². The van der Waals surface area contributed by atoms with Gasteiger partial charge in [-0.25, -0.2) is 4.39 Å². The monoisotopic (exact) mass is 412 g/mol. The molecule has 0 aliphatic heterocycles. The van der Waals surface area contributed by atoms with Crippen molar-refractivity contribution in [3.63, 3.8) is 0 Å². The van der Waals surface area contributed by atoms with Gasteiger partial charge >= 0.3 is 5.97 Å². The van der Waals surface area contributed by atoms with Crippen molar-refractivity contribution in [1.82, 2.24) is 0 Å². The number of hydrogen-bond donors (Lipinski definition) is 2. The molecule has 144 valence electrons. The normalized spacial score (nSPS) is 13.6. The second kappa shape index (κ2) is 9.85. The minimum absolute atomic E-state index is 0.0390. The molecular formula is C20H19Cl2FO4. The molecule has 2 N–H and O–H groups in total. The number of carbonyl (C=O) groups excluding carboxylic acids is 1. The van der Waals surface area contributed by atoms with Crippen LogP contribution in [-0.2, 0) is 9.53 Å². The van der Waals surface area contributed by atoms with Gasteiger partial charge in [-0.05, 0) is 35.4 Å². The highest BCUT2D eigenvalue weighted by Gasteiger charge is 2.15. The number of rotatable bonds is 7. The van der Waals surface area contributed by atoms with E-state index < -0.39 is 18.2 Å². The van der Waals surface area contributed by atoms with Gasteiger partial charge in [-0.3, -0.25) is 4.79 Å². The maximum Gasteiger partial charge on any atom is 0.308 e. The van der Waals surface area contributed by atoms with E-state index in [1.54, 1.807) is 30.3 Å². The summed E-state index contributed by atoms with van der Waals surface area (Å²) in [7, 11) is 1.23. The molecule has 2 rings (SSSR count). The summed E-state index contributed by atoms with van der Waals surface area (Å²) in [4.78, 5) is 11.1. The van der Waals surface area contributed by atoms with Crippen LogP contribution < -0.4 is 0 Å². The molecule has 7 heteroatoms. The van der Waals surface area contributed by atoms with Crippen molar-refractivity contribution in [2.24, 2.45) is 0 Å². The molecule has 2 aromatic rings. The van der Waals surface area contributed by atoms with Gasteiger partial charge in [0.05, 0.1) is 25.7 Å². The first-order valence-corrected chi connectivity index (χ1v) is 8.92. The molecule has 2 aromatic carbocycles. The van der Waals surface area contributed by atoms with Gasteiger partial charge in [0, 0.05) is 22.0 Å². The Morgan fingerprint density at radius 1 is 1.22 bits per heavy atom. The second-order valence-corrected chi connectivity index (χ2v) is 6.80. The van der Waals surface area contributed by atoms with Crippen molar-refractivity contribution in [2.45, 2.75) is 25.0 Å². The van der Waals surface area contributed by atoms with E-state index in [4.69, 9.17) is 23.2 Å². The molecule has 0 bridgehead atoms. The number of benzene rings is 2. The Kier molecular flexibility index (Phi) is 7.80. The van der Waals surface area contributed by atoms with Crippen LogP contribution in [0.25, 0.3) is 17.2 Å². The Balaban J connectivity index is 2.23. The second-order valence-electron chi connectivity index (χ2n) is 5.95. The van der Waals surface area contributed by atoms with Crippen LogP contribution in [0.5, 0.6) is 0 Å². The first kappa shape index (κ1) is 21.4. The quantitative estimate of drug-likeness (QED) is 0.657. The van der Waals surface area contributed by atoms with Crippen LogP contribution in [-0.4, -0.2) is 35.5 Å². The Morgan fingerprint density at radius 2 is 1.89 bits per heavy atom. The Bertz CT molecular complexity index is 821. The van der Waals surface area contributed by atoms with Gasteiger partial charge in [-0.1, -0.05) is 47.5 Å². The molecule has 0 amide bonds. The maximum absolute atomic E-state index is 13.2. The smallest absolute Gasteiger partial charge is 0.308 e. The predicted molar refractivity (Wildman–Crippen MR) is 104 cm³/mol. The van der Waals surface area contributed by atoms with E-state index in [0.717, 1.165) is 0 Å². The molecule has 0 spiro atoms. The summed E-state index contributed by atoms with van der Waals surface area (Å²) in [5.41, 5.74) is 1.97. The molecule has 0 saturated carbocycles. The number of ether oxygens (including phenoxy) is 1. The van der Waals surface area contributed by atoms with Crippen LogP contribution in [0.15, 0.2) is 42.5 Å². The lowest BCUT2D eigenvalue weighted by Gasteiger charge is -2.13. The number of carbonyl (C=O) groups is 1. The van der Waals surface area contributed by atoms with E-state index in [1.165, 1.54) is 25.3 Å². The van der Waals surface area contributed by atoms with Gasteiger partial charge in [0.1, 0.15) is 5.82 Å². The van der Waals surface area contributed by atoms with E-state index in [0.29, 0.717) is 26.7 Å². The molecule has 0 saturated heterocycles. The Labute approximate surface area is 166 Å². The predicted octanol–water partition coefficient (Wildman–Crippen LogP) is 4.49. The highest BCUT2D eigenvalue weighted by Crippen LogP contribution is 2.34. The van der Waals surface area contributed by atoms with E-state index in [2.05, 4.69) is 4.74 Å². The molecule has 0 heterocycles. The number of aliphatic hydroxyl groups is 2. The summed E-state index contributed by atoms with van der Waals surface area (Å²) < 4.78 is 17.7. The van der Waals surface area contributed by atoms with E-state index in [1.807, 2.05) is 0 Å². The molecule has 0 aromatic heterocycles. The fourth-order valence-electron chi connectivity index (χ4n) is 2.55. The van der Waals surface area contributed by atoms with Gasteiger partial charge in [-0.2, -0.15) is 0 Å². The Hall–Kier alpha value is -1.92. The number of halogens is 3. The molecule has 4 nitrogen and oxygen atoms in total. The third kappa shape index (κ3) is 6.33. The molecule has 27 heavy (non-hydrogen) atoms. The number of esters is 1. The Morgan fingerprint density at radius 3 is 2.52 bits per heavy atom. The summed E-state index contributed by atoms with van der Waals surface area (Å²) in [5.74, 6) is -0.919. The van der Waals surface area contributed by atoms with Crippen LogP contribution in [0.2, 0.25) is 10.0 Å². The number of aliphatic hydroxyl groups excluding tert-OH is 2. The molecular weight excluding hydrogens is 394 g/mol. The average molecular weight is 413 g/mol. The summed E-state index contributed by atoms with van der Waals surface area (Å²) in [6.45, 7) is 0. The van der Waals surface area contributed by atoms with Gasteiger partial charge < -0.3 is 14.9 Å². The fourth-order valence-corrected chi connectivity index (χ4v) is 3.10. The summed E-state index contributed by atoms with van der Waals surface area (Å²) in [6.07, 6.45) is 0.786. The first-order valence-electron chi connectivity index (χ1n) is 8.16. The van der Waals surface area contributed by atoms with Gasteiger partial charge in [0.25, 0.3) is 0 Å². The molecule has 0 aliphatic rings. The lowest BCUT2D eigenvalue weighted by Crippen LogP contribution is -2.20. The minimum Gasteiger partial charge on any atom is -0.469 e. The summed E-state index contributed by atoms with van der Waals surface area (Å²) in [6, 6.07) is 9.12. The van der Waals surface area contributed by atoms with Crippen LogP contribution in [0, 0.1) is 5.82 Å². The molecule has 2 atom stereocenters. The van der Waals surface area contributed by atoms with E-state index >= 15 is 0 Å². The van der Waals surface area contributed by atoms with Crippen LogP contribution in [0.4, 0.5) is 4.39 Å². The average Bonchev–Trinajstić information content (AvgIpc) is 2.60. The van der Waals surface area contributed by atoms with Crippen molar-refractivity contribution in [3.05, 3.63) is 63.9 Å². The zero-order valence-corrected chi connectivity index (χ0v) is 16.0. The summed E-state index contributed by atoms with van der Waals surface area (Å²) in [5, 5.41) is 20.7. The third-order valence-electron chi connectivity index (χ3n) is 3.88. The lowest BCUT2D eigenvalue weighted by atomic mass is 9.98. The highest BCUT2D eigenvalue weighted by atomic mass is 35.5. The SMILES string of the molecule is COC(=O)CC(O)CC(O)/C=C/c1c(Cl)cc(Cl)cc1-c1ccc(F)cc1. The minimum atomic E-state index is -1.03. The van der Waals surface area contributed by atoms with E-state index in [9.17, 15) is 19.4 Å². The topological polar surface area (TPSA) is 66.8 Å². The first-order chi connectivity index (χ1) is 12.8. The zero-order chi connectivity index (χ0) is 20.0. The number of hydrogen-bond acceptors (Lipinski definition) is 4. The maximum atomic E-state index is 13.2. The fraction of sp³-hybridized carbons (Fsp3) is 0.250. The largest absolute Gasteiger partial charge is 0.469 e. The van der Waals surface area contributed by atoms with Gasteiger partial charge in [0.2, 0.25) is 0 Å². The zero-order valence-electron chi connectivity index (χ0n) is 14.5. The van der Waals surface area contributed by atoms with Crippen molar-refractivity contribution >= 4 is 35.2 Å². The van der Waals surface area contributed by atoms with Crippen molar-refractivity contribution in [3.8, 4) is 11.1 Å². The molecule has 2 unspecified atom stereocenters. The van der Waals surface area contributed by atoms with Crippen LogP contribution >= 0.6 is 23.2 Å². The van der Waals surface area contributed by atoms with Crippen molar-refractivity contribution < 1.29 is 24.1 Å². The van der Waals surface area contributed by atoms with Crippen LogP contribution in [0.1, 0.15) is 18.4 Å². The van der Waals surface area contributed by atoms with E-state index in [-0.39, 0.29) is 18.7 Å². The van der Waals surface area contributed by atoms with Crippen molar-refractivity contribution in [2.75, 3.05) is 7.11 Å². The van der Waals surface area contributed by atoms with Crippen molar-refractivity contribution in [1.29, 1.82) is 0 Å². The lowest BCUT2D eigenvalue weighted by molar-refractivity contribution is -0.143. The standard InChI is InChI=1S/C20H19Cl2FO4/c1-27-20(26)11-16(25)10-15(24)6-7-17-18(8-13(21)9-19(17)22)12-2-4-14(23)5-3-12/h2-9,15-16,24-25H,10-11H2,1H3/b7-6+.